The molecule has 0 unspecified atom stereocenters. The van der Waals surface area contributed by atoms with E-state index in [4.69, 9.17) is 0 Å². The monoisotopic (exact) mass is 366 g/mol. The molecule has 2 saturated heterocycles. The summed E-state index contributed by atoms with van der Waals surface area (Å²) in [6, 6.07) is 7.93. The van der Waals surface area contributed by atoms with Gasteiger partial charge in [-0.1, -0.05) is 37.7 Å². The molecule has 24 heavy (non-hydrogen) atoms. The number of carbonyl (C=O) groups is 1. The number of fused-ring (bicyclic) bond motifs is 1. The highest BCUT2D eigenvalue weighted by atomic mass is 32.2. The lowest BCUT2D eigenvalue weighted by Gasteiger charge is -2.24. The number of benzene rings is 1. The summed E-state index contributed by atoms with van der Waals surface area (Å²) >= 11 is 1.43. The molecular weight excluding hydrogens is 344 g/mol. The van der Waals surface area contributed by atoms with E-state index >= 15 is 0 Å². The van der Waals surface area contributed by atoms with Gasteiger partial charge >= 0.3 is 0 Å². The Kier molecular flexibility index (Phi) is 5.01. The van der Waals surface area contributed by atoms with Crippen LogP contribution in [-0.4, -0.2) is 42.3 Å². The molecule has 2 fully saturated rings. The molecule has 2 atom stereocenters. The Morgan fingerprint density at radius 3 is 2.58 bits per heavy atom. The van der Waals surface area contributed by atoms with Crippen molar-refractivity contribution in [1.29, 1.82) is 0 Å². The number of thioether (sulfide) groups is 1. The Balaban J connectivity index is 1.96. The van der Waals surface area contributed by atoms with Crippen LogP contribution in [-0.2, 0) is 21.1 Å². The molecule has 1 aromatic rings. The molecule has 3 rings (SSSR count). The maximum absolute atomic E-state index is 12.0. The molecule has 2 heterocycles. The SMILES string of the molecule is CCCC(=O)N=C1S[C@@H]2CS(=O)(=O)C[C@H]2N1c1ccc(CC)cc1. The number of sulfone groups is 1. The largest absolute Gasteiger partial charge is 0.316 e. The van der Waals surface area contributed by atoms with Crippen molar-refractivity contribution in [3.05, 3.63) is 29.8 Å². The predicted octanol–water partition coefficient (Wildman–Crippen LogP) is 2.65. The molecule has 0 aliphatic carbocycles. The minimum absolute atomic E-state index is 0.0472. The maximum Gasteiger partial charge on any atom is 0.248 e. The van der Waals surface area contributed by atoms with Crippen LogP contribution in [0, 0.1) is 0 Å². The second-order valence-corrected chi connectivity index (χ2v) is 9.59. The number of amides is 1. The molecule has 130 valence electrons. The highest BCUT2D eigenvalue weighted by molar-refractivity contribution is 8.16. The molecule has 1 aromatic carbocycles. The molecular formula is C17H22N2O3S2. The topological polar surface area (TPSA) is 66.8 Å². The first-order chi connectivity index (χ1) is 11.4. The molecule has 2 aliphatic heterocycles. The first kappa shape index (κ1) is 17.5. The van der Waals surface area contributed by atoms with E-state index in [9.17, 15) is 13.2 Å². The van der Waals surface area contributed by atoms with E-state index in [-0.39, 0.29) is 28.7 Å². The fraction of sp³-hybridized carbons (Fsp3) is 0.529. The van der Waals surface area contributed by atoms with Crippen molar-refractivity contribution >= 4 is 38.4 Å². The summed E-state index contributed by atoms with van der Waals surface area (Å²) in [6.07, 6.45) is 2.12. The van der Waals surface area contributed by atoms with Crippen LogP contribution in [0.5, 0.6) is 0 Å². The Morgan fingerprint density at radius 1 is 1.25 bits per heavy atom. The predicted molar refractivity (Wildman–Crippen MR) is 99.5 cm³/mol. The summed E-state index contributed by atoms with van der Waals surface area (Å²) in [5.74, 6) is 0.145. The van der Waals surface area contributed by atoms with Gasteiger partial charge < -0.3 is 4.90 Å². The number of hydrogen-bond donors (Lipinski definition) is 0. The third-order valence-electron chi connectivity index (χ3n) is 4.37. The van der Waals surface area contributed by atoms with Crippen LogP contribution in [0.4, 0.5) is 5.69 Å². The molecule has 0 bridgehead atoms. The molecule has 0 spiro atoms. The fourth-order valence-corrected chi connectivity index (χ4v) is 7.07. The normalized spacial score (nSPS) is 26.8. The standard InChI is InChI=1S/C17H22N2O3S2/c1-3-5-16(20)18-17-19(13-8-6-12(4-2)7-9-13)14-10-24(21,22)11-15(14)23-17/h6-9,14-15H,3-5,10-11H2,1-2H3/t14-,15-/m1/s1. The van der Waals surface area contributed by atoms with Crippen molar-refractivity contribution in [3.8, 4) is 0 Å². The zero-order chi connectivity index (χ0) is 17.3. The van der Waals surface area contributed by atoms with Crippen molar-refractivity contribution in [3.63, 3.8) is 0 Å². The number of amidine groups is 1. The van der Waals surface area contributed by atoms with Gasteiger partial charge in [0.05, 0.1) is 17.5 Å². The lowest BCUT2D eigenvalue weighted by molar-refractivity contribution is -0.117. The summed E-state index contributed by atoms with van der Waals surface area (Å²) in [4.78, 5) is 18.2. The van der Waals surface area contributed by atoms with E-state index in [1.165, 1.54) is 17.3 Å². The van der Waals surface area contributed by atoms with Gasteiger partial charge in [0.25, 0.3) is 0 Å². The highest BCUT2D eigenvalue weighted by Crippen LogP contribution is 2.41. The minimum Gasteiger partial charge on any atom is -0.316 e. The average molecular weight is 367 g/mol. The van der Waals surface area contributed by atoms with Gasteiger partial charge in [-0.15, -0.1) is 0 Å². The maximum atomic E-state index is 12.0. The molecule has 0 aromatic heterocycles. The zero-order valence-electron chi connectivity index (χ0n) is 13.9. The number of carbonyl (C=O) groups excluding carboxylic acids is 1. The number of anilines is 1. The summed E-state index contributed by atoms with van der Waals surface area (Å²) < 4.78 is 24.0. The van der Waals surface area contributed by atoms with Gasteiger partial charge in [-0.25, -0.2) is 8.42 Å². The van der Waals surface area contributed by atoms with Gasteiger partial charge in [0, 0.05) is 17.4 Å². The van der Waals surface area contributed by atoms with Gasteiger partial charge in [-0.3, -0.25) is 4.79 Å². The van der Waals surface area contributed by atoms with Crippen LogP contribution in [0.15, 0.2) is 29.3 Å². The van der Waals surface area contributed by atoms with Crippen LogP contribution in [0.3, 0.4) is 0 Å². The van der Waals surface area contributed by atoms with Gasteiger partial charge in [0.15, 0.2) is 15.0 Å². The number of aryl methyl sites for hydroxylation is 1. The van der Waals surface area contributed by atoms with Crippen molar-refractivity contribution in [2.24, 2.45) is 4.99 Å². The second-order valence-electron chi connectivity index (χ2n) is 6.23. The minimum atomic E-state index is -3.02. The van der Waals surface area contributed by atoms with E-state index < -0.39 is 9.84 Å². The first-order valence-electron chi connectivity index (χ1n) is 8.30. The molecule has 7 heteroatoms. The van der Waals surface area contributed by atoms with Crippen molar-refractivity contribution in [2.75, 3.05) is 16.4 Å². The average Bonchev–Trinajstić information content (AvgIpc) is 2.98. The number of nitrogens with zero attached hydrogens (tertiary/aromatic N) is 2. The van der Waals surface area contributed by atoms with E-state index in [0.717, 1.165) is 18.5 Å². The first-order valence-corrected chi connectivity index (χ1v) is 11.0. The van der Waals surface area contributed by atoms with E-state index in [1.807, 2.05) is 36.1 Å². The number of aliphatic imine (C=N–C) groups is 1. The van der Waals surface area contributed by atoms with Crippen LogP contribution >= 0.6 is 11.8 Å². The lowest BCUT2D eigenvalue weighted by atomic mass is 10.1. The highest BCUT2D eigenvalue weighted by Gasteiger charge is 2.49. The summed E-state index contributed by atoms with van der Waals surface area (Å²) in [6.45, 7) is 4.04. The molecule has 0 radical (unpaired) electrons. The van der Waals surface area contributed by atoms with Gasteiger partial charge in [-0.2, -0.15) is 4.99 Å². The Bertz CT molecular complexity index is 757. The Hall–Kier alpha value is -1.34. The van der Waals surface area contributed by atoms with Gasteiger partial charge in [0.1, 0.15) is 0 Å². The number of rotatable bonds is 4. The lowest BCUT2D eigenvalue weighted by Crippen LogP contribution is -2.37. The third kappa shape index (κ3) is 3.52. The third-order valence-corrected chi connectivity index (χ3v) is 7.58. The van der Waals surface area contributed by atoms with Crippen molar-refractivity contribution < 1.29 is 13.2 Å². The van der Waals surface area contributed by atoms with Crippen LogP contribution < -0.4 is 4.90 Å². The molecule has 5 nitrogen and oxygen atoms in total. The molecule has 2 aliphatic rings. The molecule has 1 amide bonds. The smallest absolute Gasteiger partial charge is 0.248 e. The fourth-order valence-electron chi connectivity index (χ4n) is 3.14. The Morgan fingerprint density at radius 2 is 1.96 bits per heavy atom. The quantitative estimate of drug-likeness (QED) is 0.819. The van der Waals surface area contributed by atoms with Gasteiger partial charge in [0.2, 0.25) is 5.91 Å². The van der Waals surface area contributed by atoms with E-state index in [0.29, 0.717) is 11.6 Å². The van der Waals surface area contributed by atoms with E-state index in [2.05, 4.69) is 11.9 Å². The van der Waals surface area contributed by atoms with E-state index in [1.54, 1.807) is 0 Å². The summed E-state index contributed by atoms with van der Waals surface area (Å²) in [7, 11) is -3.02. The summed E-state index contributed by atoms with van der Waals surface area (Å²) in [5, 5.41) is 0.594. The molecule has 0 saturated carbocycles. The van der Waals surface area contributed by atoms with Crippen LogP contribution in [0.25, 0.3) is 0 Å². The zero-order valence-corrected chi connectivity index (χ0v) is 15.6. The number of hydrogen-bond acceptors (Lipinski definition) is 4. The van der Waals surface area contributed by atoms with Gasteiger partial charge in [-0.05, 0) is 30.5 Å². The second kappa shape index (κ2) is 6.88. The molecule has 0 N–H and O–H groups in total. The van der Waals surface area contributed by atoms with Crippen LogP contribution in [0.2, 0.25) is 0 Å². The van der Waals surface area contributed by atoms with Crippen molar-refractivity contribution in [2.45, 2.75) is 44.4 Å². The summed E-state index contributed by atoms with van der Waals surface area (Å²) in [5.41, 5.74) is 2.13. The van der Waals surface area contributed by atoms with Crippen molar-refractivity contribution in [1.82, 2.24) is 0 Å². The van der Waals surface area contributed by atoms with Crippen LogP contribution in [0.1, 0.15) is 32.3 Å². The Labute approximate surface area is 147 Å².